The van der Waals surface area contributed by atoms with Crippen molar-refractivity contribution < 1.29 is 4.84 Å². The minimum Gasteiger partial charge on any atom is -0.391 e. The maximum absolute atomic E-state index is 5.23. The fraction of sp³-hybridized carbons (Fsp3) is 0.300. The van der Waals surface area contributed by atoms with Crippen LogP contribution in [0.2, 0.25) is 0 Å². The first-order valence-corrected chi connectivity index (χ1v) is 6.25. The summed E-state index contributed by atoms with van der Waals surface area (Å²) >= 11 is 6.78. The summed E-state index contributed by atoms with van der Waals surface area (Å²) in [6.45, 7) is 0. The van der Waals surface area contributed by atoms with Crippen LogP contribution in [-0.4, -0.2) is 17.1 Å². The Bertz CT molecular complexity index is 348. The van der Waals surface area contributed by atoms with Gasteiger partial charge in [-0.15, -0.1) is 0 Å². The minimum atomic E-state index is 0.189. The highest BCUT2D eigenvalue weighted by Crippen LogP contribution is 2.19. The molecule has 0 aliphatic carbocycles. The molecule has 0 saturated heterocycles. The van der Waals surface area contributed by atoms with Crippen molar-refractivity contribution in [1.29, 1.82) is 0 Å². The zero-order valence-electron chi connectivity index (χ0n) is 7.41. The Morgan fingerprint density at radius 2 is 2.07 bits per heavy atom. The topological polar surface area (TPSA) is 21.6 Å². The Balaban J connectivity index is 2.13. The molecule has 1 aliphatic rings. The summed E-state index contributed by atoms with van der Waals surface area (Å²) in [5.41, 5.74) is 2.17. The largest absolute Gasteiger partial charge is 0.391 e. The predicted molar refractivity (Wildman–Crippen MR) is 64.0 cm³/mol. The van der Waals surface area contributed by atoms with Crippen LogP contribution in [0.4, 0.5) is 0 Å². The molecule has 0 bridgehead atoms. The number of hydrogen-bond acceptors (Lipinski definition) is 2. The average molecular weight is 319 g/mol. The molecule has 14 heavy (non-hydrogen) atoms. The first kappa shape index (κ1) is 10.2. The van der Waals surface area contributed by atoms with Crippen molar-refractivity contribution in [3.63, 3.8) is 0 Å². The van der Waals surface area contributed by atoms with Gasteiger partial charge in [0.2, 0.25) is 0 Å². The lowest BCUT2D eigenvalue weighted by atomic mass is 10.1. The molecule has 0 spiro atoms. The third kappa shape index (κ3) is 2.17. The smallest absolute Gasteiger partial charge is 0.142 e. The van der Waals surface area contributed by atoms with Crippen molar-refractivity contribution >= 4 is 37.6 Å². The number of alkyl halides is 1. The maximum Gasteiger partial charge on any atom is 0.142 e. The number of benzene rings is 1. The summed E-state index contributed by atoms with van der Waals surface area (Å²) in [5.74, 6) is 0. The number of oxime groups is 1. The summed E-state index contributed by atoms with van der Waals surface area (Å²) in [6.07, 6.45) is 1.07. The number of rotatable bonds is 2. The molecule has 0 fully saturated rings. The van der Waals surface area contributed by atoms with Gasteiger partial charge in [0.05, 0.1) is 5.71 Å². The molecular formula is C10H9Br2NO. The Labute approximate surface area is 99.6 Å². The fourth-order valence-corrected chi connectivity index (χ4v) is 1.94. The molecule has 0 amide bonds. The van der Waals surface area contributed by atoms with Gasteiger partial charge in [0.25, 0.3) is 0 Å². The molecular weight excluding hydrogens is 310 g/mol. The van der Waals surface area contributed by atoms with Gasteiger partial charge in [0.15, 0.2) is 0 Å². The summed E-state index contributed by atoms with van der Waals surface area (Å²) in [7, 11) is 0. The van der Waals surface area contributed by atoms with E-state index in [1.807, 2.05) is 24.3 Å². The van der Waals surface area contributed by atoms with Crippen LogP contribution in [0.25, 0.3) is 0 Å². The van der Waals surface area contributed by atoms with Crippen LogP contribution in [0.15, 0.2) is 33.9 Å². The Hall–Kier alpha value is -0.350. The minimum absolute atomic E-state index is 0.189. The average Bonchev–Trinajstić information content (AvgIpc) is 2.67. The van der Waals surface area contributed by atoms with Crippen LogP contribution in [-0.2, 0) is 4.84 Å². The van der Waals surface area contributed by atoms with Gasteiger partial charge >= 0.3 is 0 Å². The van der Waals surface area contributed by atoms with E-state index in [1.54, 1.807) is 0 Å². The molecule has 0 saturated carbocycles. The lowest BCUT2D eigenvalue weighted by Gasteiger charge is -2.01. The zero-order valence-corrected chi connectivity index (χ0v) is 10.6. The second-order valence-electron chi connectivity index (χ2n) is 3.13. The molecule has 74 valence electrons. The van der Waals surface area contributed by atoms with Crippen molar-refractivity contribution in [2.45, 2.75) is 12.5 Å². The standard InChI is InChI=1S/C10H9Br2NO/c11-6-9-5-10(13-14-9)7-1-3-8(12)4-2-7/h1-4,9H,5-6H2/t9-/m1/s1. The fourth-order valence-electron chi connectivity index (χ4n) is 1.32. The Morgan fingerprint density at radius 3 is 2.64 bits per heavy atom. The van der Waals surface area contributed by atoms with Crippen LogP contribution >= 0.6 is 31.9 Å². The molecule has 0 N–H and O–H groups in total. The van der Waals surface area contributed by atoms with E-state index in [1.165, 1.54) is 0 Å². The van der Waals surface area contributed by atoms with E-state index < -0.39 is 0 Å². The maximum atomic E-state index is 5.23. The van der Waals surface area contributed by atoms with Crippen LogP contribution in [0, 0.1) is 0 Å². The molecule has 0 unspecified atom stereocenters. The second kappa shape index (κ2) is 4.45. The predicted octanol–water partition coefficient (Wildman–Crippen LogP) is 3.34. The van der Waals surface area contributed by atoms with Crippen molar-refractivity contribution in [2.75, 3.05) is 5.33 Å². The van der Waals surface area contributed by atoms with E-state index in [-0.39, 0.29) is 6.10 Å². The van der Waals surface area contributed by atoms with Crippen molar-refractivity contribution in [1.82, 2.24) is 0 Å². The molecule has 4 heteroatoms. The Kier molecular flexibility index (Phi) is 3.23. The van der Waals surface area contributed by atoms with E-state index >= 15 is 0 Å². The van der Waals surface area contributed by atoms with Gasteiger partial charge in [-0.1, -0.05) is 49.1 Å². The third-order valence-electron chi connectivity index (χ3n) is 2.08. The van der Waals surface area contributed by atoms with Gasteiger partial charge in [-0.3, -0.25) is 0 Å². The van der Waals surface area contributed by atoms with Gasteiger partial charge in [-0.25, -0.2) is 0 Å². The third-order valence-corrected chi connectivity index (χ3v) is 3.33. The molecule has 2 nitrogen and oxygen atoms in total. The zero-order chi connectivity index (χ0) is 9.97. The molecule has 1 aromatic carbocycles. The number of hydrogen-bond donors (Lipinski definition) is 0. The van der Waals surface area contributed by atoms with Crippen LogP contribution in [0.3, 0.4) is 0 Å². The van der Waals surface area contributed by atoms with Crippen LogP contribution < -0.4 is 0 Å². The molecule has 1 atom stereocenters. The summed E-state index contributed by atoms with van der Waals surface area (Å²) in [4.78, 5) is 5.23. The molecule has 1 aliphatic heterocycles. The highest BCUT2D eigenvalue weighted by Gasteiger charge is 2.20. The highest BCUT2D eigenvalue weighted by atomic mass is 79.9. The SMILES string of the molecule is BrC[C@H]1CC(c2ccc(Br)cc2)=NO1. The Morgan fingerprint density at radius 1 is 1.36 bits per heavy atom. The monoisotopic (exact) mass is 317 g/mol. The summed E-state index contributed by atoms with van der Waals surface area (Å²) in [6, 6.07) is 8.12. The summed E-state index contributed by atoms with van der Waals surface area (Å²) in [5, 5.41) is 4.89. The van der Waals surface area contributed by atoms with E-state index in [0.29, 0.717) is 0 Å². The van der Waals surface area contributed by atoms with Gasteiger partial charge in [0, 0.05) is 16.2 Å². The quantitative estimate of drug-likeness (QED) is 0.766. The lowest BCUT2D eigenvalue weighted by Crippen LogP contribution is -2.09. The van der Waals surface area contributed by atoms with E-state index in [0.717, 1.165) is 27.5 Å². The van der Waals surface area contributed by atoms with E-state index in [9.17, 15) is 0 Å². The second-order valence-corrected chi connectivity index (χ2v) is 4.69. The normalized spacial score (nSPS) is 20.4. The van der Waals surface area contributed by atoms with E-state index in [2.05, 4.69) is 37.0 Å². The molecule has 2 rings (SSSR count). The van der Waals surface area contributed by atoms with Crippen LogP contribution in [0.5, 0.6) is 0 Å². The molecule has 1 heterocycles. The first-order chi connectivity index (χ1) is 6.79. The lowest BCUT2D eigenvalue weighted by molar-refractivity contribution is 0.104. The number of nitrogens with zero attached hydrogens (tertiary/aromatic N) is 1. The van der Waals surface area contributed by atoms with Crippen molar-refractivity contribution in [3.05, 3.63) is 34.3 Å². The highest BCUT2D eigenvalue weighted by molar-refractivity contribution is 9.10. The molecule has 0 aromatic heterocycles. The van der Waals surface area contributed by atoms with Gasteiger partial charge in [-0.2, -0.15) is 0 Å². The van der Waals surface area contributed by atoms with Crippen molar-refractivity contribution in [3.8, 4) is 0 Å². The molecule has 1 aromatic rings. The van der Waals surface area contributed by atoms with Gasteiger partial charge in [-0.05, 0) is 17.7 Å². The van der Waals surface area contributed by atoms with Gasteiger partial charge in [0.1, 0.15) is 6.10 Å². The summed E-state index contributed by atoms with van der Waals surface area (Å²) < 4.78 is 1.08. The van der Waals surface area contributed by atoms with E-state index in [4.69, 9.17) is 4.84 Å². The molecule has 0 radical (unpaired) electrons. The number of halogens is 2. The van der Waals surface area contributed by atoms with Crippen molar-refractivity contribution in [2.24, 2.45) is 5.16 Å². The van der Waals surface area contributed by atoms with Gasteiger partial charge < -0.3 is 4.84 Å². The first-order valence-electron chi connectivity index (χ1n) is 4.34. The van der Waals surface area contributed by atoms with Crippen LogP contribution in [0.1, 0.15) is 12.0 Å².